The number of carboxylic acids is 1. The van der Waals surface area contributed by atoms with Crippen molar-refractivity contribution in [3.63, 3.8) is 0 Å². The molecule has 2 heterocycles. The molecule has 0 bridgehead atoms. The number of benzene rings is 4. The number of rotatable bonds is 23. The van der Waals surface area contributed by atoms with Gasteiger partial charge in [-0.3, -0.25) is 4.79 Å². The molecule has 27 heteroatoms. The van der Waals surface area contributed by atoms with Crippen LogP contribution < -0.4 is 41.8 Å². The van der Waals surface area contributed by atoms with Crippen LogP contribution in [0.1, 0.15) is 70.4 Å². The number of quaternary nitrogens is 2. The molecule has 4 aromatic carbocycles. The van der Waals surface area contributed by atoms with Crippen LogP contribution in [0, 0.1) is 0 Å². The van der Waals surface area contributed by atoms with Crippen molar-refractivity contribution < 1.29 is 59.5 Å². The fourth-order valence-electron chi connectivity index (χ4n) is 7.63. The normalized spacial score (nSPS) is 14.2. The summed E-state index contributed by atoms with van der Waals surface area (Å²) in [6, 6.07) is 25.8. The summed E-state index contributed by atoms with van der Waals surface area (Å²) < 4.78 is 87.7. The maximum absolute atomic E-state index is 12.8. The van der Waals surface area contributed by atoms with Gasteiger partial charge in [-0.15, -0.1) is 0 Å². The largest absolute Gasteiger partial charge is 0.478 e. The number of hydrogen-bond acceptors (Lipinski definition) is 15. The first kappa shape index (κ1) is 62.9. The summed E-state index contributed by atoms with van der Waals surface area (Å²) in [5, 5.41) is 25.3. The molecule has 2 aliphatic carbocycles. The Morgan fingerprint density at radius 2 is 0.938 bits per heavy atom. The highest BCUT2D eigenvalue weighted by atomic mass is 35.5. The molecule has 0 aliphatic heterocycles. The molecule has 19 nitrogen and oxygen atoms in total. The van der Waals surface area contributed by atoms with Crippen LogP contribution in [0.2, 0.25) is 10.0 Å². The van der Waals surface area contributed by atoms with E-state index in [-0.39, 0.29) is 35.3 Å². The van der Waals surface area contributed by atoms with E-state index in [1.165, 1.54) is 30.8 Å². The zero-order valence-electron chi connectivity index (χ0n) is 45.5. The van der Waals surface area contributed by atoms with Gasteiger partial charge in [-0.05, 0) is 116 Å². The Labute approximate surface area is 475 Å². The fraction of sp³-hybridized carbons (Fsp3) is 0.407. The summed E-state index contributed by atoms with van der Waals surface area (Å²) >= 11 is 12.0. The molecule has 2 fully saturated rings. The molecule has 2 aromatic heterocycles. The van der Waals surface area contributed by atoms with Crippen LogP contribution in [0.25, 0.3) is 0 Å². The summed E-state index contributed by atoms with van der Waals surface area (Å²) in [6.07, 6.45) is -4.07. The number of carbonyl (C=O) groups excluding carboxylic acids is 1. The molecular formula is C54H66Cl2F6N14O5+2. The molecule has 0 spiro atoms. The van der Waals surface area contributed by atoms with E-state index in [0.29, 0.717) is 33.5 Å². The van der Waals surface area contributed by atoms with E-state index in [1.54, 1.807) is 48.5 Å². The number of halogens is 8. The van der Waals surface area contributed by atoms with Crippen molar-refractivity contribution in [1.29, 1.82) is 0 Å². The van der Waals surface area contributed by atoms with Gasteiger partial charge >= 0.3 is 30.3 Å². The molecule has 0 atom stereocenters. The topological polar surface area (TPSA) is 236 Å². The Bertz CT molecular complexity index is 3010. The molecule has 0 radical (unpaired) electrons. The molecule has 436 valence electrons. The standard InChI is InChI=1S/C27H31ClF3N7O2.C21H17ClF3N5O3.C6H17N2/c1-38(2,3)16-4-15-32-22(39)18-5-11-21(12-6-18)33-23-34-24(36-25(35-23)40-17-27(29,30)31)37-26(13-14-26)19-7-9-20(28)10-8-19;22-14-5-3-13(4-6-14)20(9-10-20)30-18-27-17(28-19(29-18)33-11-21(23,24)25)26-15-7-1-12(2-8-15)16(31)32;1-8(2,3)6-4-5-7/h5-12H,4,13-17H2,1-3H3,(H2-,32,33,34,35,36,37,39);1-8H,9-11H2,(H,31,32)(H2,26,27,28,29,30);4-7H2,1-3H3/q;;+1/p+1. The van der Waals surface area contributed by atoms with E-state index in [9.17, 15) is 35.9 Å². The third kappa shape index (κ3) is 21.6. The second-order valence-corrected chi connectivity index (χ2v) is 22.1. The van der Waals surface area contributed by atoms with E-state index >= 15 is 0 Å². The molecule has 2 aliphatic rings. The number of carboxylic acid groups (broad SMARTS) is 1. The Balaban J connectivity index is 0.000000233. The number of nitrogens with zero attached hydrogens (tertiary/aromatic N) is 8. The fourth-order valence-corrected chi connectivity index (χ4v) is 7.88. The lowest BCUT2D eigenvalue weighted by atomic mass is 10.1. The van der Waals surface area contributed by atoms with Gasteiger partial charge in [-0.1, -0.05) is 47.5 Å². The molecule has 8 N–H and O–H groups in total. The van der Waals surface area contributed by atoms with Crippen LogP contribution in [-0.4, -0.2) is 150 Å². The smallest absolute Gasteiger partial charge is 0.422 e. The molecule has 1 amide bonds. The third-order valence-electron chi connectivity index (χ3n) is 12.1. The number of carbonyl (C=O) groups is 2. The van der Waals surface area contributed by atoms with Crippen LogP contribution in [-0.2, 0) is 11.1 Å². The van der Waals surface area contributed by atoms with E-state index in [2.05, 4.69) is 98.8 Å². The van der Waals surface area contributed by atoms with Crippen molar-refractivity contribution in [2.24, 2.45) is 5.73 Å². The van der Waals surface area contributed by atoms with Crippen molar-refractivity contribution in [1.82, 2.24) is 35.2 Å². The first-order chi connectivity index (χ1) is 38.0. The summed E-state index contributed by atoms with van der Waals surface area (Å²) in [4.78, 5) is 48.0. The predicted octanol–water partition coefficient (Wildman–Crippen LogP) is 10.2. The minimum Gasteiger partial charge on any atom is -0.478 e. The number of ether oxygens (including phenoxy) is 2. The van der Waals surface area contributed by atoms with E-state index in [4.69, 9.17) is 43.5 Å². The van der Waals surface area contributed by atoms with Gasteiger partial charge in [0.05, 0.1) is 72.0 Å². The number of nitrogens with two attached hydrogens (primary N) is 1. The Kier molecular flexibility index (Phi) is 20.9. The van der Waals surface area contributed by atoms with Crippen molar-refractivity contribution >= 4 is 70.2 Å². The monoisotopic (exact) mass is 1170 g/mol. The van der Waals surface area contributed by atoms with Crippen LogP contribution in [0.4, 0.5) is 61.5 Å². The van der Waals surface area contributed by atoms with Gasteiger partial charge in [0.2, 0.25) is 23.8 Å². The number of anilines is 6. The van der Waals surface area contributed by atoms with E-state index in [0.717, 1.165) is 71.7 Å². The van der Waals surface area contributed by atoms with Crippen LogP contribution in [0.3, 0.4) is 0 Å². The van der Waals surface area contributed by atoms with Gasteiger partial charge in [0.15, 0.2) is 13.2 Å². The number of aromatic carboxylic acids is 1. The van der Waals surface area contributed by atoms with Crippen molar-refractivity contribution in [2.75, 3.05) is 103 Å². The maximum Gasteiger partial charge on any atom is 0.422 e. The average molecular weight is 1180 g/mol. The molecule has 81 heavy (non-hydrogen) atoms. The van der Waals surface area contributed by atoms with Gasteiger partial charge in [0.1, 0.15) is 0 Å². The van der Waals surface area contributed by atoms with Crippen molar-refractivity contribution in [3.8, 4) is 12.0 Å². The third-order valence-corrected chi connectivity index (χ3v) is 12.6. The summed E-state index contributed by atoms with van der Waals surface area (Å²) in [7, 11) is 12.8. The minimum absolute atomic E-state index is 0.0147. The molecule has 6 aromatic rings. The van der Waals surface area contributed by atoms with Crippen LogP contribution in [0.15, 0.2) is 97.1 Å². The highest BCUT2D eigenvalue weighted by Crippen LogP contribution is 2.49. The zero-order valence-corrected chi connectivity index (χ0v) is 47.0. The summed E-state index contributed by atoms with van der Waals surface area (Å²) in [5.74, 6) is -1.28. The number of alkyl halides is 6. The predicted molar refractivity (Wildman–Crippen MR) is 298 cm³/mol. The first-order valence-electron chi connectivity index (χ1n) is 25.5. The quantitative estimate of drug-likeness (QED) is 0.0179. The van der Waals surface area contributed by atoms with E-state index in [1.807, 2.05) is 24.3 Å². The second kappa shape index (κ2) is 27.0. The molecular weight excluding hydrogens is 1110 g/mol. The maximum atomic E-state index is 12.8. The highest BCUT2D eigenvalue weighted by molar-refractivity contribution is 6.30. The molecule has 8 rings (SSSR count). The van der Waals surface area contributed by atoms with Crippen LogP contribution >= 0.6 is 23.2 Å². The number of nitrogens with one attached hydrogen (secondary N) is 5. The van der Waals surface area contributed by atoms with Crippen molar-refractivity contribution in [2.45, 2.75) is 62.0 Å². The number of amides is 1. The second-order valence-electron chi connectivity index (χ2n) is 21.3. The molecule has 0 saturated heterocycles. The van der Waals surface area contributed by atoms with Gasteiger partial charge in [-0.25, -0.2) is 4.79 Å². The lowest BCUT2D eigenvalue weighted by Crippen LogP contribution is -2.37. The molecule has 0 unspecified atom stereocenters. The Morgan fingerprint density at radius 3 is 1.27 bits per heavy atom. The van der Waals surface area contributed by atoms with Crippen molar-refractivity contribution in [3.05, 3.63) is 129 Å². The Morgan fingerprint density at radius 1 is 0.568 bits per heavy atom. The lowest BCUT2D eigenvalue weighted by Gasteiger charge is -2.23. The van der Waals surface area contributed by atoms with Crippen LogP contribution in [0.5, 0.6) is 12.0 Å². The molecule has 2 saturated carbocycles. The SMILES string of the molecule is C[N+](C)(C)CCCN.C[N+](C)(C)CCCNC(=O)c1ccc(Nc2nc(NC3(c4ccc(Cl)cc4)CC3)nc(OCC(F)(F)F)n2)cc1.O=C(O)c1ccc(Nc2nc(NC3(c4ccc(Cl)cc4)CC3)nc(OCC(F)(F)F)n2)cc1. The number of hydrogen-bond donors (Lipinski definition) is 7. The summed E-state index contributed by atoms with van der Waals surface area (Å²) in [6.45, 7) is 0.378. The minimum atomic E-state index is -4.57. The first-order valence-corrected chi connectivity index (χ1v) is 26.3. The van der Waals surface area contributed by atoms with E-state index < -0.39 is 54.6 Å². The van der Waals surface area contributed by atoms with Gasteiger partial charge in [-0.2, -0.15) is 56.2 Å². The zero-order chi connectivity index (χ0) is 59.2. The summed E-state index contributed by atoms with van der Waals surface area (Å²) in [5.41, 5.74) is 7.77. The number of aromatic nitrogens is 6. The van der Waals surface area contributed by atoms with Gasteiger partial charge < -0.3 is 55.9 Å². The average Bonchev–Trinajstić information content (AvgIpc) is 4.44. The highest BCUT2D eigenvalue weighted by Gasteiger charge is 2.46. The van der Waals surface area contributed by atoms with Gasteiger partial charge in [0.25, 0.3) is 5.91 Å². The van der Waals surface area contributed by atoms with Gasteiger partial charge in [0, 0.05) is 46.4 Å². The lowest BCUT2D eigenvalue weighted by molar-refractivity contribution is -0.870. The Hall–Kier alpha value is -7.32.